The maximum absolute atomic E-state index is 12.1. The van der Waals surface area contributed by atoms with Crippen LogP contribution in [0.15, 0.2) is 54.6 Å². The van der Waals surface area contributed by atoms with Gasteiger partial charge in [0.2, 0.25) is 15.9 Å². The molecule has 0 unspecified atom stereocenters. The molecule has 0 aliphatic heterocycles. The number of alkyl halides is 3. The minimum atomic E-state index is -4.81. The van der Waals surface area contributed by atoms with E-state index in [1.54, 1.807) is 18.2 Å². The fourth-order valence-electron chi connectivity index (χ4n) is 2.07. The van der Waals surface area contributed by atoms with E-state index in [9.17, 15) is 26.4 Å². The summed E-state index contributed by atoms with van der Waals surface area (Å²) in [5.41, 5.74) is 0.519. The lowest BCUT2D eigenvalue weighted by molar-refractivity contribution is -0.274. The number of hydrogen-bond donors (Lipinski definition) is 1. The monoisotopic (exact) mass is 388 g/mol. The van der Waals surface area contributed by atoms with Gasteiger partial charge in [0.05, 0.1) is 11.9 Å². The van der Waals surface area contributed by atoms with Gasteiger partial charge in [-0.1, -0.05) is 18.2 Å². The van der Waals surface area contributed by atoms with Gasteiger partial charge in [0, 0.05) is 5.69 Å². The van der Waals surface area contributed by atoms with Gasteiger partial charge in [0.1, 0.15) is 12.3 Å². The van der Waals surface area contributed by atoms with Crippen LogP contribution >= 0.6 is 0 Å². The maximum atomic E-state index is 12.1. The number of sulfonamides is 1. The molecule has 2 rings (SSSR count). The van der Waals surface area contributed by atoms with Crippen LogP contribution in [-0.2, 0) is 14.8 Å². The third kappa shape index (κ3) is 5.96. The fourth-order valence-corrected chi connectivity index (χ4v) is 2.92. The molecule has 0 atom stereocenters. The van der Waals surface area contributed by atoms with Gasteiger partial charge in [0.25, 0.3) is 0 Å². The standard InChI is InChI=1S/C16H15F3N2O4S/c1-26(23,24)21(13-5-3-2-4-6-13)11-15(22)20-12-7-9-14(10-8-12)25-16(17,18)19/h2-10H,11H2,1H3,(H,20,22). The normalized spacial score (nSPS) is 11.7. The lowest BCUT2D eigenvalue weighted by Gasteiger charge is -2.21. The molecule has 6 nitrogen and oxygen atoms in total. The van der Waals surface area contributed by atoms with E-state index in [0.717, 1.165) is 22.7 Å². The number of nitrogens with zero attached hydrogens (tertiary/aromatic N) is 1. The summed E-state index contributed by atoms with van der Waals surface area (Å²) in [6.07, 6.45) is -3.84. The van der Waals surface area contributed by atoms with Crippen molar-refractivity contribution in [2.75, 3.05) is 22.4 Å². The second kappa shape index (κ2) is 7.65. The minimum absolute atomic E-state index is 0.200. The molecule has 2 aromatic rings. The van der Waals surface area contributed by atoms with Gasteiger partial charge in [-0.05, 0) is 36.4 Å². The van der Waals surface area contributed by atoms with Crippen molar-refractivity contribution in [1.29, 1.82) is 0 Å². The van der Waals surface area contributed by atoms with E-state index in [1.165, 1.54) is 24.3 Å². The molecule has 0 saturated carbocycles. The van der Waals surface area contributed by atoms with E-state index in [0.29, 0.717) is 5.69 Å². The predicted octanol–water partition coefficient (Wildman–Crippen LogP) is 2.99. The van der Waals surface area contributed by atoms with Crippen molar-refractivity contribution in [1.82, 2.24) is 0 Å². The highest BCUT2D eigenvalue weighted by molar-refractivity contribution is 7.92. The average molecular weight is 388 g/mol. The molecule has 0 aliphatic rings. The van der Waals surface area contributed by atoms with E-state index in [2.05, 4.69) is 10.1 Å². The smallest absolute Gasteiger partial charge is 0.406 e. The van der Waals surface area contributed by atoms with Gasteiger partial charge >= 0.3 is 6.36 Å². The summed E-state index contributed by atoms with van der Waals surface area (Å²) in [5, 5.41) is 2.42. The Labute approximate surface area is 148 Å². The Balaban J connectivity index is 2.07. The molecular weight excluding hydrogens is 373 g/mol. The van der Waals surface area contributed by atoms with Crippen molar-refractivity contribution in [2.45, 2.75) is 6.36 Å². The SMILES string of the molecule is CS(=O)(=O)N(CC(=O)Nc1ccc(OC(F)(F)F)cc1)c1ccccc1. The Morgan fingerprint density at radius 3 is 2.15 bits per heavy atom. The van der Waals surface area contributed by atoms with Crippen molar-refractivity contribution in [3.05, 3.63) is 54.6 Å². The lowest BCUT2D eigenvalue weighted by atomic mass is 10.3. The number of carbonyl (C=O) groups excluding carboxylic acids is 1. The molecule has 0 saturated heterocycles. The van der Waals surface area contributed by atoms with E-state index in [4.69, 9.17) is 0 Å². The van der Waals surface area contributed by atoms with Crippen LogP contribution in [0.2, 0.25) is 0 Å². The summed E-state index contributed by atoms with van der Waals surface area (Å²) in [5.74, 6) is -1.08. The van der Waals surface area contributed by atoms with Gasteiger partial charge in [-0.3, -0.25) is 9.10 Å². The summed E-state index contributed by atoms with van der Waals surface area (Å²) in [6, 6.07) is 12.5. The summed E-state index contributed by atoms with van der Waals surface area (Å²) in [4.78, 5) is 12.1. The number of hydrogen-bond acceptors (Lipinski definition) is 4. The predicted molar refractivity (Wildman–Crippen MR) is 90.4 cm³/mol. The summed E-state index contributed by atoms with van der Waals surface area (Å²) in [7, 11) is -3.70. The van der Waals surface area contributed by atoms with Crippen LogP contribution in [0, 0.1) is 0 Å². The van der Waals surface area contributed by atoms with E-state index in [-0.39, 0.29) is 5.69 Å². The molecule has 0 aliphatic carbocycles. The van der Waals surface area contributed by atoms with Crippen LogP contribution < -0.4 is 14.4 Å². The summed E-state index contributed by atoms with van der Waals surface area (Å²) >= 11 is 0. The van der Waals surface area contributed by atoms with E-state index in [1.807, 2.05) is 0 Å². The Morgan fingerprint density at radius 2 is 1.65 bits per heavy atom. The highest BCUT2D eigenvalue weighted by atomic mass is 32.2. The number of rotatable bonds is 6. The number of benzene rings is 2. The molecule has 0 fully saturated rings. The minimum Gasteiger partial charge on any atom is -0.406 e. The molecule has 0 spiro atoms. The largest absolute Gasteiger partial charge is 0.573 e. The second-order valence-electron chi connectivity index (χ2n) is 5.23. The summed E-state index contributed by atoms with van der Waals surface area (Å²) < 4.78 is 64.8. The van der Waals surface area contributed by atoms with Crippen LogP contribution in [0.3, 0.4) is 0 Å². The molecule has 1 N–H and O–H groups in total. The topological polar surface area (TPSA) is 75.7 Å². The van der Waals surface area contributed by atoms with Crippen LogP contribution in [0.1, 0.15) is 0 Å². The number of halogens is 3. The number of ether oxygens (including phenoxy) is 1. The molecule has 1 amide bonds. The van der Waals surface area contributed by atoms with Gasteiger partial charge in [-0.15, -0.1) is 13.2 Å². The molecule has 10 heteroatoms. The van der Waals surface area contributed by atoms with Crippen molar-refractivity contribution in [3.63, 3.8) is 0 Å². The fraction of sp³-hybridized carbons (Fsp3) is 0.188. The second-order valence-corrected chi connectivity index (χ2v) is 7.13. The average Bonchev–Trinajstić information content (AvgIpc) is 2.53. The van der Waals surface area contributed by atoms with E-state index >= 15 is 0 Å². The van der Waals surface area contributed by atoms with Crippen molar-refractivity contribution in [3.8, 4) is 5.75 Å². The highest BCUT2D eigenvalue weighted by Crippen LogP contribution is 2.24. The zero-order valence-electron chi connectivity index (χ0n) is 13.5. The Bertz CT molecular complexity index is 853. The first kappa shape index (κ1) is 19.6. The van der Waals surface area contributed by atoms with Gasteiger partial charge in [-0.25, -0.2) is 8.42 Å². The zero-order chi connectivity index (χ0) is 19.4. The number of amides is 1. The van der Waals surface area contributed by atoms with Crippen LogP contribution in [0.25, 0.3) is 0 Å². The highest BCUT2D eigenvalue weighted by Gasteiger charge is 2.31. The number of para-hydroxylation sites is 1. The van der Waals surface area contributed by atoms with Gasteiger partial charge < -0.3 is 10.1 Å². The van der Waals surface area contributed by atoms with Gasteiger partial charge in [-0.2, -0.15) is 0 Å². The number of nitrogens with one attached hydrogen (secondary N) is 1. The first-order valence-corrected chi connectivity index (χ1v) is 9.08. The van der Waals surface area contributed by atoms with Gasteiger partial charge in [0.15, 0.2) is 0 Å². The third-order valence-corrected chi connectivity index (χ3v) is 4.24. The molecule has 140 valence electrons. The van der Waals surface area contributed by atoms with Crippen molar-refractivity contribution < 1.29 is 31.1 Å². The van der Waals surface area contributed by atoms with E-state index < -0.39 is 34.6 Å². The van der Waals surface area contributed by atoms with Crippen molar-refractivity contribution >= 4 is 27.3 Å². The first-order valence-electron chi connectivity index (χ1n) is 7.23. The molecule has 26 heavy (non-hydrogen) atoms. The van der Waals surface area contributed by atoms with Crippen LogP contribution in [-0.4, -0.2) is 33.5 Å². The third-order valence-electron chi connectivity index (χ3n) is 3.10. The lowest BCUT2D eigenvalue weighted by Crippen LogP contribution is -2.37. The maximum Gasteiger partial charge on any atom is 0.573 e. The Kier molecular flexibility index (Phi) is 5.76. The Morgan fingerprint density at radius 1 is 1.08 bits per heavy atom. The number of anilines is 2. The zero-order valence-corrected chi connectivity index (χ0v) is 14.3. The Hall–Kier alpha value is -2.75. The molecule has 0 bridgehead atoms. The molecule has 0 heterocycles. The molecule has 0 aromatic heterocycles. The molecule has 2 aromatic carbocycles. The quantitative estimate of drug-likeness (QED) is 0.826. The summed E-state index contributed by atoms with van der Waals surface area (Å²) in [6.45, 7) is -0.482. The number of carbonyl (C=O) groups is 1. The van der Waals surface area contributed by atoms with Crippen LogP contribution in [0.4, 0.5) is 24.5 Å². The first-order chi connectivity index (χ1) is 12.0. The van der Waals surface area contributed by atoms with Crippen molar-refractivity contribution in [2.24, 2.45) is 0 Å². The molecular formula is C16H15F3N2O4S. The molecule has 0 radical (unpaired) electrons. The van der Waals surface area contributed by atoms with Crippen LogP contribution in [0.5, 0.6) is 5.75 Å².